The van der Waals surface area contributed by atoms with E-state index >= 15 is 4.79 Å². The molecule has 2 heterocycles. The number of likely N-dealkylation sites (tertiary alicyclic amines) is 1. The van der Waals surface area contributed by atoms with Gasteiger partial charge in [-0.1, -0.05) is 78.2 Å². The monoisotopic (exact) mass is 731 g/mol. The molecule has 13 heteroatoms. The van der Waals surface area contributed by atoms with E-state index < -0.39 is 59.0 Å². The number of amides is 5. The summed E-state index contributed by atoms with van der Waals surface area (Å²) in [6.45, 7) is 10.3. The largest absolute Gasteiger partial charge is 0.346 e. The molecule has 4 saturated carbocycles. The second kappa shape index (κ2) is 16.1. The van der Waals surface area contributed by atoms with Crippen LogP contribution in [-0.4, -0.2) is 87.4 Å². The van der Waals surface area contributed by atoms with Crippen LogP contribution in [-0.2, 0) is 24.0 Å². The van der Waals surface area contributed by atoms with Crippen LogP contribution in [0.1, 0.15) is 115 Å². The van der Waals surface area contributed by atoms with Gasteiger partial charge >= 0.3 is 0 Å². The third-order valence-electron chi connectivity index (χ3n) is 13.0. The molecule has 53 heavy (non-hydrogen) atoms. The number of nitrogens with zero attached hydrogens (tertiary/aromatic N) is 3. The number of hydrogen-bond acceptors (Lipinski definition) is 8. The Labute approximate surface area is 312 Å². The molecule has 1 saturated heterocycles. The Balaban J connectivity index is 1.26. The van der Waals surface area contributed by atoms with Gasteiger partial charge in [0.2, 0.25) is 23.5 Å². The highest BCUT2D eigenvalue weighted by atomic mass is 16.2. The first kappa shape index (κ1) is 38.6. The van der Waals surface area contributed by atoms with E-state index in [1.807, 2.05) is 6.92 Å². The van der Waals surface area contributed by atoms with Gasteiger partial charge in [-0.2, -0.15) is 0 Å². The minimum Gasteiger partial charge on any atom is -0.346 e. The molecule has 5 fully saturated rings. The van der Waals surface area contributed by atoms with Gasteiger partial charge in [-0.3, -0.25) is 33.8 Å². The van der Waals surface area contributed by atoms with Crippen molar-refractivity contribution < 1.29 is 28.8 Å². The molecule has 0 bridgehead atoms. The van der Waals surface area contributed by atoms with E-state index in [2.05, 4.69) is 51.7 Å². The molecular weight excluding hydrogens is 674 g/mol. The number of carbonyl (C=O) groups excluding carboxylic acids is 6. The van der Waals surface area contributed by atoms with Crippen LogP contribution >= 0.6 is 0 Å². The molecule has 5 aliphatic rings. The van der Waals surface area contributed by atoms with E-state index in [1.54, 1.807) is 4.90 Å². The zero-order chi connectivity index (χ0) is 37.9. The molecule has 288 valence electrons. The van der Waals surface area contributed by atoms with Crippen LogP contribution < -0.4 is 21.3 Å². The summed E-state index contributed by atoms with van der Waals surface area (Å²) in [5.74, 6) is -3.05. The Morgan fingerprint density at radius 3 is 2.26 bits per heavy atom. The van der Waals surface area contributed by atoms with Crippen LogP contribution in [0.25, 0.3) is 0 Å². The first-order valence-corrected chi connectivity index (χ1v) is 19.8. The van der Waals surface area contributed by atoms with Crippen molar-refractivity contribution >= 4 is 35.3 Å². The third kappa shape index (κ3) is 8.49. The zero-order valence-electron chi connectivity index (χ0n) is 31.5. The van der Waals surface area contributed by atoms with Gasteiger partial charge < -0.3 is 26.2 Å². The van der Waals surface area contributed by atoms with Gasteiger partial charge in [-0.15, -0.1) is 6.58 Å². The van der Waals surface area contributed by atoms with Gasteiger partial charge in [0.15, 0.2) is 0 Å². The summed E-state index contributed by atoms with van der Waals surface area (Å²) >= 11 is 0. The molecule has 1 unspecified atom stereocenters. The van der Waals surface area contributed by atoms with Crippen LogP contribution in [0.3, 0.4) is 0 Å². The van der Waals surface area contributed by atoms with Gasteiger partial charge in [0, 0.05) is 25.5 Å². The first-order chi connectivity index (χ1) is 25.4. The van der Waals surface area contributed by atoms with Gasteiger partial charge in [-0.05, 0) is 66.6 Å². The Bertz CT molecular complexity index is 1570. The number of hydrogen-bond donors (Lipinski definition) is 4. The highest BCUT2D eigenvalue weighted by Gasteiger charge is 2.70. The number of fused-ring (bicyclic) bond motifs is 1. The lowest BCUT2D eigenvalue weighted by molar-refractivity contribution is -0.148. The van der Waals surface area contributed by atoms with Crippen molar-refractivity contribution in [2.75, 3.05) is 13.1 Å². The lowest BCUT2D eigenvalue weighted by Crippen LogP contribution is -2.64. The van der Waals surface area contributed by atoms with E-state index in [9.17, 15) is 24.0 Å². The van der Waals surface area contributed by atoms with Crippen molar-refractivity contribution in [1.82, 2.24) is 36.1 Å². The van der Waals surface area contributed by atoms with E-state index in [1.165, 1.54) is 24.7 Å². The van der Waals surface area contributed by atoms with Crippen LogP contribution in [0, 0.1) is 34.5 Å². The number of Topliss-reactive ketones (excluding diaryl/α,β-unsaturated/α-hetero) is 1. The minimum absolute atomic E-state index is 0.0763. The van der Waals surface area contributed by atoms with Gasteiger partial charge in [0.05, 0.1) is 12.2 Å². The topological polar surface area (TPSA) is 180 Å². The van der Waals surface area contributed by atoms with Crippen molar-refractivity contribution in [3.05, 3.63) is 36.9 Å². The normalized spacial score (nSPS) is 26.2. The van der Waals surface area contributed by atoms with Crippen molar-refractivity contribution in [3.8, 4) is 0 Å². The fourth-order valence-electron chi connectivity index (χ4n) is 9.48. The first-order valence-electron chi connectivity index (χ1n) is 19.8. The lowest BCUT2D eigenvalue weighted by Gasteiger charge is -2.44. The standard InChI is InChI=1S/C40H57N7O6/c1-5-18-43-37(52)32(48)27(21-24-14-15-24)44-36(51)31-29-26(39(29,2)3)23-47(31)38(53)33(40(4)16-10-7-11-17-40)46-35(50)30(25-12-8-6-9-13-25)45-34(49)28-22-41-19-20-42-28/h5,19-20,22,24-27,29-31,33H,1,6-18,21,23H2,2-4H3,(H,43,52)(H,44,51)(H,45,49)(H,46,50)/t26-,27?,29-,30-,31-,33+/m0/s1. The van der Waals surface area contributed by atoms with Gasteiger partial charge in [-0.25, -0.2) is 4.98 Å². The van der Waals surface area contributed by atoms with Crippen molar-refractivity contribution in [2.45, 2.75) is 128 Å². The Morgan fingerprint density at radius 2 is 1.62 bits per heavy atom. The molecule has 0 aromatic carbocycles. The maximum absolute atomic E-state index is 15.0. The molecule has 5 amide bonds. The van der Waals surface area contributed by atoms with Gasteiger partial charge in [0.25, 0.3) is 11.8 Å². The quantitative estimate of drug-likeness (QED) is 0.157. The van der Waals surface area contributed by atoms with Crippen LogP contribution in [0.5, 0.6) is 0 Å². The molecule has 0 spiro atoms. The third-order valence-corrected chi connectivity index (χ3v) is 13.0. The highest BCUT2D eigenvalue weighted by molar-refractivity contribution is 6.38. The number of carbonyl (C=O) groups is 6. The molecule has 1 aromatic heterocycles. The summed E-state index contributed by atoms with van der Waals surface area (Å²) in [5, 5.41) is 11.6. The predicted molar refractivity (Wildman–Crippen MR) is 197 cm³/mol. The summed E-state index contributed by atoms with van der Waals surface area (Å²) in [6.07, 6.45) is 16.8. The maximum atomic E-state index is 15.0. The number of nitrogens with one attached hydrogen (secondary N) is 4. The van der Waals surface area contributed by atoms with Crippen LogP contribution in [0.2, 0.25) is 0 Å². The van der Waals surface area contributed by atoms with Crippen LogP contribution in [0.15, 0.2) is 31.2 Å². The van der Waals surface area contributed by atoms with E-state index in [4.69, 9.17) is 0 Å². The number of piperidine rings is 1. The SMILES string of the molecule is C=CCNC(=O)C(=O)C(CC1CC1)NC(=O)[C@@H]1[C@@H]2[C@H](CN1C(=O)[C@@H](NC(=O)[C@@H](NC(=O)c1cnccn1)C1CCCCC1)C1(C)CCCCC1)C2(C)C. The average molecular weight is 732 g/mol. The zero-order valence-corrected chi connectivity index (χ0v) is 31.5. The van der Waals surface area contributed by atoms with E-state index in [0.29, 0.717) is 13.0 Å². The van der Waals surface area contributed by atoms with Crippen LogP contribution in [0.4, 0.5) is 0 Å². The average Bonchev–Trinajstić information content (AvgIpc) is 4.02. The Hall–Kier alpha value is -4.16. The fourth-order valence-corrected chi connectivity index (χ4v) is 9.48. The number of aromatic nitrogens is 2. The lowest BCUT2D eigenvalue weighted by atomic mass is 9.69. The van der Waals surface area contributed by atoms with E-state index in [-0.39, 0.29) is 47.2 Å². The Kier molecular flexibility index (Phi) is 11.7. The van der Waals surface area contributed by atoms with Crippen molar-refractivity contribution in [1.29, 1.82) is 0 Å². The van der Waals surface area contributed by atoms with Crippen molar-refractivity contribution in [2.24, 2.45) is 34.5 Å². The molecule has 13 nitrogen and oxygen atoms in total. The maximum Gasteiger partial charge on any atom is 0.289 e. The molecule has 0 radical (unpaired) electrons. The molecule has 6 rings (SSSR count). The summed E-state index contributed by atoms with van der Waals surface area (Å²) in [7, 11) is 0. The molecule has 6 atom stereocenters. The Morgan fingerprint density at radius 1 is 0.925 bits per heavy atom. The second-order valence-electron chi connectivity index (χ2n) is 17.1. The van der Waals surface area contributed by atoms with E-state index in [0.717, 1.165) is 77.0 Å². The summed E-state index contributed by atoms with van der Waals surface area (Å²) in [6, 6.07) is -3.67. The minimum atomic E-state index is -1.00. The predicted octanol–water partition coefficient (Wildman–Crippen LogP) is 3.25. The molecule has 1 aliphatic heterocycles. The molecule has 4 aliphatic carbocycles. The van der Waals surface area contributed by atoms with Gasteiger partial charge in [0.1, 0.15) is 23.8 Å². The fraction of sp³-hybridized carbons (Fsp3) is 0.700. The summed E-state index contributed by atoms with van der Waals surface area (Å²) < 4.78 is 0. The van der Waals surface area contributed by atoms with Crippen molar-refractivity contribution in [3.63, 3.8) is 0 Å². The smallest absolute Gasteiger partial charge is 0.289 e. The number of ketones is 1. The highest BCUT2D eigenvalue weighted by Crippen LogP contribution is 2.65. The molecule has 4 N–H and O–H groups in total. The summed E-state index contributed by atoms with van der Waals surface area (Å²) in [5.41, 5.74) is -0.661. The molecular formula is C40H57N7O6. The molecule has 1 aromatic rings. The summed E-state index contributed by atoms with van der Waals surface area (Å²) in [4.78, 5) is 93.0. The second-order valence-corrected chi connectivity index (χ2v) is 17.1. The number of rotatable bonds is 15.